The Balaban J connectivity index is 2.86. The summed E-state index contributed by atoms with van der Waals surface area (Å²) in [5, 5.41) is 3.00. The van der Waals surface area contributed by atoms with E-state index in [2.05, 4.69) is 11.4 Å². The minimum Gasteiger partial charge on any atom is -0.378 e. The summed E-state index contributed by atoms with van der Waals surface area (Å²) in [7, 11) is 1.92. The summed E-state index contributed by atoms with van der Waals surface area (Å²) in [6.07, 6.45) is 4.07. The first-order valence-electron chi connectivity index (χ1n) is 3.29. The molecule has 0 unspecified atom stereocenters. The molecule has 0 aromatic carbocycles. The quantitative estimate of drug-likeness (QED) is 0.438. The largest absolute Gasteiger partial charge is 0.378 e. The predicted molar refractivity (Wildman–Crippen MR) is 39.6 cm³/mol. The molecular formula is C7H15NO. The van der Waals surface area contributed by atoms with E-state index in [1.165, 1.54) is 0 Å². The van der Waals surface area contributed by atoms with Gasteiger partial charge in [-0.2, -0.15) is 0 Å². The van der Waals surface area contributed by atoms with Crippen LogP contribution in [0.2, 0.25) is 0 Å². The maximum atomic E-state index is 5.07. The van der Waals surface area contributed by atoms with Gasteiger partial charge in [-0.25, -0.2) is 0 Å². The average Bonchev–Trinajstić information content (AvgIpc) is 1.89. The number of nitrogens with one attached hydrogen (secondary N) is 1. The highest BCUT2D eigenvalue weighted by atomic mass is 16.5. The summed E-state index contributed by atoms with van der Waals surface area (Å²) in [4.78, 5) is 0. The van der Waals surface area contributed by atoms with Gasteiger partial charge in [0.25, 0.3) is 0 Å². The van der Waals surface area contributed by atoms with Crippen LogP contribution in [-0.2, 0) is 4.74 Å². The second-order valence-electron chi connectivity index (χ2n) is 1.69. The molecule has 0 aliphatic carbocycles. The molecule has 0 aliphatic heterocycles. The van der Waals surface area contributed by atoms with Gasteiger partial charge in [-0.15, -0.1) is 0 Å². The molecule has 0 saturated carbocycles. The van der Waals surface area contributed by atoms with Crippen molar-refractivity contribution in [1.82, 2.24) is 5.32 Å². The molecule has 0 fully saturated rings. The summed E-state index contributed by atoms with van der Waals surface area (Å²) >= 11 is 0. The lowest BCUT2D eigenvalue weighted by molar-refractivity contribution is 0.177. The number of rotatable bonds is 5. The minimum atomic E-state index is 0.734. The average molecular weight is 129 g/mol. The van der Waals surface area contributed by atoms with Crippen molar-refractivity contribution in [1.29, 1.82) is 0 Å². The first-order valence-corrected chi connectivity index (χ1v) is 3.29. The van der Waals surface area contributed by atoms with Gasteiger partial charge in [0, 0.05) is 13.2 Å². The van der Waals surface area contributed by atoms with Gasteiger partial charge in [-0.1, -0.05) is 12.2 Å². The van der Waals surface area contributed by atoms with Crippen LogP contribution in [0.15, 0.2) is 12.2 Å². The molecule has 9 heavy (non-hydrogen) atoms. The zero-order valence-corrected chi connectivity index (χ0v) is 6.18. The highest BCUT2D eigenvalue weighted by Crippen LogP contribution is 1.74. The first-order chi connectivity index (χ1) is 4.41. The highest BCUT2D eigenvalue weighted by Gasteiger charge is 1.73. The van der Waals surface area contributed by atoms with Gasteiger partial charge in [0.15, 0.2) is 0 Å². The Hall–Kier alpha value is -0.340. The molecule has 2 heteroatoms. The van der Waals surface area contributed by atoms with E-state index >= 15 is 0 Å². The van der Waals surface area contributed by atoms with Crippen molar-refractivity contribution in [2.24, 2.45) is 0 Å². The van der Waals surface area contributed by atoms with Gasteiger partial charge in [-0.05, 0) is 14.0 Å². The fourth-order valence-electron chi connectivity index (χ4n) is 0.455. The molecule has 0 amide bonds. The van der Waals surface area contributed by atoms with Crippen LogP contribution in [0.25, 0.3) is 0 Å². The molecule has 54 valence electrons. The lowest BCUT2D eigenvalue weighted by atomic mass is 10.5. The van der Waals surface area contributed by atoms with Crippen LogP contribution in [0, 0.1) is 0 Å². The van der Waals surface area contributed by atoms with Gasteiger partial charge < -0.3 is 10.1 Å². The molecule has 1 N–H and O–H groups in total. The van der Waals surface area contributed by atoms with E-state index in [4.69, 9.17) is 4.74 Å². The van der Waals surface area contributed by atoms with Crippen LogP contribution < -0.4 is 5.32 Å². The summed E-state index contributed by atoms with van der Waals surface area (Å²) in [6.45, 7) is 4.45. The van der Waals surface area contributed by atoms with E-state index in [-0.39, 0.29) is 0 Å². The van der Waals surface area contributed by atoms with E-state index in [9.17, 15) is 0 Å². The second kappa shape index (κ2) is 7.66. The van der Waals surface area contributed by atoms with Crippen molar-refractivity contribution < 1.29 is 4.74 Å². The minimum absolute atomic E-state index is 0.734. The Morgan fingerprint density at radius 1 is 1.44 bits per heavy atom. The zero-order valence-electron chi connectivity index (χ0n) is 6.18. The summed E-state index contributed by atoms with van der Waals surface area (Å²) < 4.78 is 5.07. The third-order valence-corrected chi connectivity index (χ3v) is 0.907. The monoisotopic (exact) mass is 129 g/mol. The molecule has 0 aromatic heterocycles. The smallest absolute Gasteiger partial charge is 0.0647 e. The van der Waals surface area contributed by atoms with Crippen LogP contribution in [-0.4, -0.2) is 26.8 Å². The van der Waals surface area contributed by atoms with Crippen LogP contribution >= 0.6 is 0 Å². The van der Waals surface area contributed by atoms with E-state index in [1.54, 1.807) is 0 Å². The fourth-order valence-corrected chi connectivity index (χ4v) is 0.455. The number of likely N-dealkylation sites (N-methyl/N-ethyl adjacent to an activating group) is 1. The van der Waals surface area contributed by atoms with Crippen molar-refractivity contribution in [3.05, 3.63) is 12.2 Å². The third kappa shape index (κ3) is 7.66. The van der Waals surface area contributed by atoms with Crippen molar-refractivity contribution >= 4 is 0 Å². The molecule has 0 aromatic rings. The lowest BCUT2D eigenvalue weighted by Gasteiger charge is -1.92. The summed E-state index contributed by atoms with van der Waals surface area (Å²) in [5.74, 6) is 0. The van der Waals surface area contributed by atoms with Crippen LogP contribution in [0.1, 0.15) is 6.92 Å². The molecular weight excluding hydrogens is 114 g/mol. The number of hydrogen-bond donors (Lipinski definition) is 1. The van der Waals surface area contributed by atoms with Gasteiger partial charge in [-0.3, -0.25) is 0 Å². The third-order valence-electron chi connectivity index (χ3n) is 0.907. The topological polar surface area (TPSA) is 21.3 Å². The Bertz CT molecular complexity index is 71.3. The first kappa shape index (κ1) is 8.66. The highest BCUT2D eigenvalue weighted by molar-refractivity contribution is 4.82. The zero-order chi connectivity index (χ0) is 6.95. The molecule has 0 aliphatic rings. The van der Waals surface area contributed by atoms with Crippen molar-refractivity contribution in [3.8, 4) is 0 Å². The molecule has 0 bridgehead atoms. The van der Waals surface area contributed by atoms with E-state index in [0.29, 0.717) is 0 Å². The van der Waals surface area contributed by atoms with Crippen LogP contribution in [0.4, 0.5) is 0 Å². The molecule has 2 nitrogen and oxygen atoms in total. The molecule has 0 spiro atoms. The van der Waals surface area contributed by atoms with Gasteiger partial charge in [0.2, 0.25) is 0 Å². The molecule has 0 rings (SSSR count). The molecule has 0 atom stereocenters. The number of hydrogen-bond acceptors (Lipinski definition) is 2. The van der Waals surface area contributed by atoms with Crippen LogP contribution in [0.5, 0.6) is 0 Å². The Kier molecular flexibility index (Phi) is 7.37. The fraction of sp³-hybridized carbons (Fsp3) is 0.714. The molecule has 0 saturated heterocycles. The van der Waals surface area contributed by atoms with E-state index < -0.39 is 0 Å². The van der Waals surface area contributed by atoms with Crippen molar-refractivity contribution in [2.45, 2.75) is 6.92 Å². The lowest BCUT2D eigenvalue weighted by Crippen LogP contribution is -2.04. The normalized spacial score (nSPS) is 10.9. The predicted octanol–water partition coefficient (Wildman–Crippen LogP) is 0.798. The van der Waals surface area contributed by atoms with Crippen LogP contribution in [0.3, 0.4) is 0 Å². The van der Waals surface area contributed by atoms with E-state index in [1.807, 2.05) is 20.0 Å². The summed E-state index contributed by atoms with van der Waals surface area (Å²) in [6, 6.07) is 0. The Labute approximate surface area is 56.9 Å². The van der Waals surface area contributed by atoms with Gasteiger partial charge in [0.05, 0.1) is 6.61 Å². The maximum Gasteiger partial charge on any atom is 0.0647 e. The number of ether oxygens (including phenoxy) is 1. The molecule has 0 heterocycles. The van der Waals surface area contributed by atoms with Crippen molar-refractivity contribution in [2.75, 3.05) is 26.8 Å². The molecule has 0 radical (unpaired) electrons. The maximum absolute atomic E-state index is 5.07. The van der Waals surface area contributed by atoms with Crippen molar-refractivity contribution in [3.63, 3.8) is 0 Å². The standard InChI is InChI=1S/C7H15NO/c1-3-9-7-5-4-6-8-2/h4-5,8H,3,6-7H2,1-2H3. The second-order valence-corrected chi connectivity index (χ2v) is 1.69. The Morgan fingerprint density at radius 2 is 2.22 bits per heavy atom. The SMILES string of the molecule is CCOCC=CCNC. The Morgan fingerprint density at radius 3 is 2.78 bits per heavy atom. The van der Waals surface area contributed by atoms with Gasteiger partial charge >= 0.3 is 0 Å². The van der Waals surface area contributed by atoms with Gasteiger partial charge in [0.1, 0.15) is 0 Å². The summed E-state index contributed by atoms with van der Waals surface area (Å²) in [5.41, 5.74) is 0. The van der Waals surface area contributed by atoms with E-state index in [0.717, 1.165) is 19.8 Å².